The summed E-state index contributed by atoms with van der Waals surface area (Å²) in [6, 6.07) is 11.1. The molecule has 0 unspecified atom stereocenters. The van der Waals surface area contributed by atoms with Crippen molar-refractivity contribution in [3.8, 4) is 5.75 Å². The Morgan fingerprint density at radius 3 is 2.42 bits per heavy atom. The minimum absolute atomic E-state index is 0.155. The second-order valence-corrected chi connectivity index (χ2v) is 8.05. The fourth-order valence-corrected chi connectivity index (χ4v) is 3.12. The van der Waals surface area contributed by atoms with Gasteiger partial charge in [-0.05, 0) is 43.8 Å². The molecule has 2 rings (SSSR count). The van der Waals surface area contributed by atoms with E-state index in [1.165, 1.54) is 19.2 Å². The Morgan fingerprint density at radius 1 is 1.15 bits per heavy atom. The minimum Gasteiger partial charge on any atom is -0.479 e. The third kappa shape index (κ3) is 5.11. The average molecular weight is 417 g/mol. The van der Waals surface area contributed by atoms with Crippen LogP contribution in [-0.2, 0) is 21.4 Å². The molecule has 2 N–H and O–H groups in total. The normalized spacial score (nSPS) is 12.5. The Balaban J connectivity index is 1.94. The Morgan fingerprint density at radius 2 is 1.81 bits per heavy atom. The maximum atomic E-state index is 12.2. The SMILES string of the molecule is CNS(=O)(=O)c1ccc(CNC(=O)[C@H](C)Oc2cccc(Cl)c2Cl)cc1. The molecular formula is C17H18Cl2N2O4S. The van der Waals surface area contributed by atoms with Crippen molar-refractivity contribution in [2.75, 3.05) is 7.05 Å². The van der Waals surface area contributed by atoms with Crippen LogP contribution in [0, 0.1) is 0 Å². The molecule has 9 heteroatoms. The molecule has 0 radical (unpaired) electrons. The zero-order valence-electron chi connectivity index (χ0n) is 14.1. The number of rotatable bonds is 7. The summed E-state index contributed by atoms with van der Waals surface area (Å²) in [5.41, 5.74) is 0.751. The van der Waals surface area contributed by atoms with E-state index >= 15 is 0 Å². The summed E-state index contributed by atoms with van der Waals surface area (Å²) in [6.07, 6.45) is -0.782. The van der Waals surface area contributed by atoms with Crippen LogP contribution in [0.1, 0.15) is 12.5 Å². The topological polar surface area (TPSA) is 84.5 Å². The molecule has 1 atom stereocenters. The largest absolute Gasteiger partial charge is 0.479 e. The predicted molar refractivity (Wildman–Crippen MR) is 101 cm³/mol. The molecule has 0 saturated carbocycles. The second kappa shape index (κ2) is 8.73. The van der Waals surface area contributed by atoms with Gasteiger partial charge in [0.25, 0.3) is 5.91 Å². The molecule has 2 aromatic rings. The van der Waals surface area contributed by atoms with Crippen LogP contribution in [0.15, 0.2) is 47.4 Å². The van der Waals surface area contributed by atoms with E-state index < -0.39 is 16.1 Å². The molecule has 140 valence electrons. The van der Waals surface area contributed by atoms with Crippen LogP contribution >= 0.6 is 23.2 Å². The Labute approximate surface area is 162 Å². The maximum absolute atomic E-state index is 12.2. The smallest absolute Gasteiger partial charge is 0.261 e. The van der Waals surface area contributed by atoms with Crippen molar-refractivity contribution in [3.05, 3.63) is 58.1 Å². The molecule has 0 aliphatic heterocycles. The molecule has 2 aromatic carbocycles. The van der Waals surface area contributed by atoms with E-state index in [1.807, 2.05) is 0 Å². The van der Waals surface area contributed by atoms with Crippen molar-refractivity contribution >= 4 is 39.1 Å². The standard InChI is InChI=1S/C17H18Cl2N2O4S/c1-11(25-15-5-3-4-14(18)16(15)19)17(22)21-10-12-6-8-13(9-7-12)26(23,24)20-2/h3-9,11,20H,10H2,1-2H3,(H,21,22)/t11-/m0/s1. The van der Waals surface area contributed by atoms with Gasteiger partial charge in [-0.1, -0.05) is 41.4 Å². The summed E-state index contributed by atoms with van der Waals surface area (Å²) in [5.74, 6) is -0.0172. The molecule has 0 bridgehead atoms. The highest BCUT2D eigenvalue weighted by Gasteiger charge is 2.17. The van der Waals surface area contributed by atoms with E-state index in [-0.39, 0.29) is 22.4 Å². The highest BCUT2D eigenvalue weighted by molar-refractivity contribution is 7.89. The first kappa shape index (κ1) is 20.5. The molecule has 0 aromatic heterocycles. The van der Waals surface area contributed by atoms with Gasteiger partial charge in [0, 0.05) is 6.54 Å². The fraction of sp³-hybridized carbons (Fsp3) is 0.235. The number of carbonyl (C=O) groups excluding carboxylic acids is 1. The molecule has 0 spiro atoms. The van der Waals surface area contributed by atoms with Gasteiger partial charge in [-0.2, -0.15) is 0 Å². The van der Waals surface area contributed by atoms with Crippen LogP contribution in [0.2, 0.25) is 10.0 Å². The number of ether oxygens (including phenoxy) is 1. The van der Waals surface area contributed by atoms with Crippen LogP contribution < -0.4 is 14.8 Å². The van der Waals surface area contributed by atoms with Gasteiger partial charge in [-0.15, -0.1) is 0 Å². The van der Waals surface area contributed by atoms with Crippen molar-refractivity contribution in [1.29, 1.82) is 0 Å². The fourth-order valence-electron chi connectivity index (χ4n) is 2.06. The van der Waals surface area contributed by atoms with Crippen molar-refractivity contribution in [2.24, 2.45) is 0 Å². The van der Waals surface area contributed by atoms with Crippen molar-refractivity contribution in [1.82, 2.24) is 10.0 Å². The molecule has 6 nitrogen and oxygen atoms in total. The summed E-state index contributed by atoms with van der Waals surface area (Å²) >= 11 is 11.9. The summed E-state index contributed by atoms with van der Waals surface area (Å²) in [6.45, 7) is 1.82. The number of hydrogen-bond donors (Lipinski definition) is 2. The Bertz CT molecular complexity index is 886. The molecule has 1 amide bonds. The number of nitrogens with one attached hydrogen (secondary N) is 2. The van der Waals surface area contributed by atoms with E-state index in [9.17, 15) is 13.2 Å². The van der Waals surface area contributed by atoms with Crippen LogP contribution in [0.4, 0.5) is 0 Å². The Kier molecular flexibility index (Phi) is 6.88. The van der Waals surface area contributed by atoms with Gasteiger partial charge in [-0.25, -0.2) is 13.1 Å². The monoisotopic (exact) mass is 416 g/mol. The predicted octanol–water partition coefficient (Wildman–Crippen LogP) is 2.99. The molecule has 0 saturated heterocycles. The van der Waals surface area contributed by atoms with Crippen LogP contribution in [0.3, 0.4) is 0 Å². The van der Waals surface area contributed by atoms with Crippen molar-refractivity contribution < 1.29 is 17.9 Å². The summed E-state index contributed by atoms with van der Waals surface area (Å²) in [4.78, 5) is 12.3. The first-order valence-corrected chi connectivity index (χ1v) is 9.89. The third-order valence-electron chi connectivity index (χ3n) is 3.56. The van der Waals surface area contributed by atoms with E-state index in [0.717, 1.165) is 5.56 Å². The molecule has 0 aliphatic rings. The van der Waals surface area contributed by atoms with Gasteiger partial charge >= 0.3 is 0 Å². The minimum atomic E-state index is -3.48. The molecule has 0 heterocycles. The van der Waals surface area contributed by atoms with E-state index in [4.69, 9.17) is 27.9 Å². The first-order valence-electron chi connectivity index (χ1n) is 7.65. The Hall–Kier alpha value is -1.80. The quantitative estimate of drug-likeness (QED) is 0.726. The lowest BCUT2D eigenvalue weighted by Crippen LogP contribution is -2.36. The van der Waals surface area contributed by atoms with Gasteiger partial charge < -0.3 is 10.1 Å². The van der Waals surface area contributed by atoms with Gasteiger partial charge in [0.15, 0.2) is 6.10 Å². The van der Waals surface area contributed by atoms with Gasteiger partial charge in [0.2, 0.25) is 10.0 Å². The number of sulfonamides is 1. The molecular weight excluding hydrogens is 399 g/mol. The van der Waals surface area contributed by atoms with E-state index in [0.29, 0.717) is 10.8 Å². The maximum Gasteiger partial charge on any atom is 0.261 e. The summed E-state index contributed by atoms with van der Waals surface area (Å²) < 4.78 is 31.1. The molecule has 0 aliphatic carbocycles. The summed E-state index contributed by atoms with van der Waals surface area (Å²) in [5, 5.41) is 3.31. The zero-order chi connectivity index (χ0) is 19.3. The number of halogens is 2. The van der Waals surface area contributed by atoms with Crippen LogP contribution in [0.5, 0.6) is 5.75 Å². The van der Waals surface area contributed by atoms with E-state index in [2.05, 4.69) is 10.0 Å². The van der Waals surface area contributed by atoms with Gasteiger partial charge in [-0.3, -0.25) is 4.79 Å². The van der Waals surface area contributed by atoms with Crippen molar-refractivity contribution in [2.45, 2.75) is 24.5 Å². The average Bonchev–Trinajstić information content (AvgIpc) is 2.63. The second-order valence-electron chi connectivity index (χ2n) is 5.38. The lowest BCUT2D eigenvalue weighted by molar-refractivity contribution is -0.127. The molecule has 0 fully saturated rings. The number of carbonyl (C=O) groups is 1. The van der Waals surface area contributed by atoms with Crippen molar-refractivity contribution in [3.63, 3.8) is 0 Å². The van der Waals surface area contributed by atoms with Gasteiger partial charge in [0.1, 0.15) is 10.8 Å². The number of hydrogen-bond acceptors (Lipinski definition) is 4. The highest BCUT2D eigenvalue weighted by Crippen LogP contribution is 2.32. The third-order valence-corrected chi connectivity index (χ3v) is 5.79. The highest BCUT2D eigenvalue weighted by atomic mass is 35.5. The number of amides is 1. The first-order chi connectivity index (χ1) is 12.2. The van der Waals surface area contributed by atoms with E-state index in [1.54, 1.807) is 37.3 Å². The van der Waals surface area contributed by atoms with Gasteiger partial charge in [0.05, 0.1) is 9.92 Å². The summed E-state index contributed by atoms with van der Waals surface area (Å²) in [7, 11) is -2.14. The lowest BCUT2D eigenvalue weighted by atomic mass is 10.2. The lowest BCUT2D eigenvalue weighted by Gasteiger charge is -2.16. The van der Waals surface area contributed by atoms with Crippen LogP contribution in [-0.4, -0.2) is 27.5 Å². The van der Waals surface area contributed by atoms with Crippen LogP contribution in [0.25, 0.3) is 0 Å². The molecule has 26 heavy (non-hydrogen) atoms. The number of benzene rings is 2. The zero-order valence-corrected chi connectivity index (χ0v) is 16.5.